The van der Waals surface area contributed by atoms with Crippen molar-refractivity contribution in [2.24, 2.45) is 0 Å². The zero-order valence-corrected chi connectivity index (χ0v) is 12.5. The number of nitrogens with one attached hydrogen (secondary N) is 1. The molecule has 0 saturated heterocycles. The van der Waals surface area contributed by atoms with Crippen LogP contribution in [0.3, 0.4) is 0 Å². The predicted octanol–water partition coefficient (Wildman–Crippen LogP) is 1.42. The van der Waals surface area contributed by atoms with Gasteiger partial charge in [0, 0.05) is 5.39 Å². The number of carbonyl (C=O) groups is 1. The van der Waals surface area contributed by atoms with E-state index in [9.17, 15) is 9.59 Å². The van der Waals surface area contributed by atoms with Gasteiger partial charge in [-0.3, -0.25) is 4.79 Å². The lowest BCUT2D eigenvalue weighted by Crippen LogP contribution is -2.28. The minimum atomic E-state index is -0.749. The van der Waals surface area contributed by atoms with Crippen LogP contribution < -0.4 is 15.7 Å². The monoisotopic (exact) mass is 315 g/mol. The highest BCUT2D eigenvalue weighted by Gasteiger charge is 2.16. The molecule has 0 radical (unpaired) electrons. The summed E-state index contributed by atoms with van der Waals surface area (Å²) in [4.78, 5) is 28.1. The van der Waals surface area contributed by atoms with E-state index in [1.165, 1.54) is 13.2 Å². The number of amides is 1. The summed E-state index contributed by atoms with van der Waals surface area (Å²) in [7, 11) is 1.47. The maximum absolute atomic E-state index is 12.2. The average Bonchev–Trinajstić information content (AvgIpc) is 2.97. The third kappa shape index (κ3) is 2.91. The van der Waals surface area contributed by atoms with Crippen LogP contribution in [0.2, 0.25) is 0 Å². The van der Waals surface area contributed by atoms with Gasteiger partial charge < -0.3 is 19.0 Å². The van der Waals surface area contributed by atoms with Gasteiger partial charge in [0.2, 0.25) is 5.89 Å². The van der Waals surface area contributed by atoms with Crippen molar-refractivity contribution >= 4 is 16.9 Å². The fourth-order valence-electron chi connectivity index (χ4n) is 2.10. The van der Waals surface area contributed by atoms with E-state index in [1.807, 2.05) is 0 Å². The SMILES string of the molecule is COc1cccc2cc(C(=O)NCc3nc(C)no3)c(=O)oc12. The third-order valence-electron chi connectivity index (χ3n) is 3.16. The smallest absolute Gasteiger partial charge is 0.349 e. The van der Waals surface area contributed by atoms with Crippen LogP contribution in [0.25, 0.3) is 11.0 Å². The fourth-order valence-corrected chi connectivity index (χ4v) is 2.10. The van der Waals surface area contributed by atoms with E-state index in [-0.39, 0.29) is 18.0 Å². The van der Waals surface area contributed by atoms with Crippen molar-refractivity contribution < 1.29 is 18.5 Å². The molecule has 0 atom stereocenters. The van der Waals surface area contributed by atoms with E-state index in [1.54, 1.807) is 25.1 Å². The Hall–Kier alpha value is -3.16. The van der Waals surface area contributed by atoms with Gasteiger partial charge in [-0.1, -0.05) is 17.3 Å². The van der Waals surface area contributed by atoms with E-state index in [2.05, 4.69) is 15.5 Å². The van der Waals surface area contributed by atoms with Gasteiger partial charge in [0.1, 0.15) is 5.56 Å². The normalized spacial score (nSPS) is 10.7. The van der Waals surface area contributed by atoms with Crippen LogP contribution in [0.1, 0.15) is 22.1 Å². The Morgan fingerprint density at radius 3 is 2.91 bits per heavy atom. The first-order valence-electron chi connectivity index (χ1n) is 6.76. The van der Waals surface area contributed by atoms with E-state index >= 15 is 0 Å². The molecule has 0 bridgehead atoms. The number of fused-ring (bicyclic) bond motifs is 1. The van der Waals surface area contributed by atoms with Gasteiger partial charge >= 0.3 is 5.63 Å². The second-order valence-electron chi connectivity index (χ2n) is 4.74. The number of hydrogen-bond acceptors (Lipinski definition) is 7. The molecule has 1 N–H and O–H groups in total. The van der Waals surface area contributed by atoms with E-state index in [0.717, 1.165) is 0 Å². The zero-order valence-electron chi connectivity index (χ0n) is 12.5. The van der Waals surface area contributed by atoms with Crippen molar-refractivity contribution in [2.45, 2.75) is 13.5 Å². The number of rotatable bonds is 4. The summed E-state index contributed by atoms with van der Waals surface area (Å²) in [6.07, 6.45) is 0. The van der Waals surface area contributed by atoms with Gasteiger partial charge in [-0.15, -0.1) is 0 Å². The summed E-state index contributed by atoms with van der Waals surface area (Å²) in [6.45, 7) is 1.69. The molecular formula is C15H13N3O5. The second-order valence-corrected chi connectivity index (χ2v) is 4.74. The molecule has 8 nitrogen and oxygen atoms in total. The largest absolute Gasteiger partial charge is 0.493 e. The minimum Gasteiger partial charge on any atom is -0.493 e. The lowest BCUT2D eigenvalue weighted by Gasteiger charge is -2.05. The van der Waals surface area contributed by atoms with Crippen molar-refractivity contribution in [2.75, 3.05) is 7.11 Å². The third-order valence-corrected chi connectivity index (χ3v) is 3.16. The Morgan fingerprint density at radius 2 is 2.22 bits per heavy atom. The van der Waals surface area contributed by atoms with Crippen molar-refractivity contribution in [3.8, 4) is 5.75 Å². The first-order valence-corrected chi connectivity index (χ1v) is 6.76. The summed E-state index contributed by atoms with van der Waals surface area (Å²) in [5.74, 6) is 0.557. The quantitative estimate of drug-likeness (QED) is 0.725. The molecule has 0 spiro atoms. The molecule has 0 fully saturated rings. The van der Waals surface area contributed by atoms with Crippen LogP contribution in [0.5, 0.6) is 5.75 Å². The van der Waals surface area contributed by atoms with Gasteiger partial charge in [0.05, 0.1) is 13.7 Å². The van der Waals surface area contributed by atoms with Crippen LogP contribution in [-0.4, -0.2) is 23.2 Å². The average molecular weight is 315 g/mol. The minimum absolute atomic E-state index is 0.0231. The molecule has 8 heteroatoms. The zero-order chi connectivity index (χ0) is 16.4. The highest BCUT2D eigenvalue weighted by molar-refractivity contribution is 5.97. The first kappa shape index (κ1) is 14.8. The van der Waals surface area contributed by atoms with Gasteiger partial charge in [-0.25, -0.2) is 4.79 Å². The van der Waals surface area contributed by atoms with E-state index in [4.69, 9.17) is 13.7 Å². The Bertz CT molecular complexity index is 928. The van der Waals surface area contributed by atoms with Crippen LogP contribution in [0.15, 0.2) is 38.0 Å². The maximum Gasteiger partial charge on any atom is 0.349 e. The van der Waals surface area contributed by atoms with Gasteiger partial charge in [-0.2, -0.15) is 4.98 Å². The Labute approximate surface area is 130 Å². The van der Waals surface area contributed by atoms with Crippen LogP contribution in [-0.2, 0) is 6.54 Å². The molecule has 1 amide bonds. The predicted molar refractivity (Wildman–Crippen MR) is 79.2 cm³/mol. The second kappa shape index (κ2) is 5.91. The number of para-hydroxylation sites is 1. The topological polar surface area (TPSA) is 107 Å². The molecule has 2 heterocycles. The maximum atomic E-state index is 12.2. The van der Waals surface area contributed by atoms with Gasteiger partial charge in [-0.05, 0) is 19.1 Å². The fraction of sp³-hybridized carbons (Fsp3) is 0.200. The summed E-state index contributed by atoms with van der Waals surface area (Å²) in [5, 5.41) is 6.74. The summed E-state index contributed by atoms with van der Waals surface area (Å²) >= 11 is 0. The molecule has 0 aliphatic rings. The molecule has 2 aromatic heterocycles. The molecule has 1 aromatic carbocycles. The number of aryl methyl sites for hydroxylation is 1. The summed E-state index contributed by atoms with van der Waals surface area (Å²) < 4.78 is 15.2. The molecule has 3 aromatic rings. The number of nitrogens with zero attached hydrogens (tertiary/aromatic N) is 2. The Morgan fingerprint density at radius 1 is 1.39 bits per heavy atom. The van der Waals surface area contributed by atoms with E-state index in [0.29, 0.717) is 22.5 Å². The lowest BCUT2D eigenvalue weighted by atomic mass is 10.1. The lowest BCUT2D eigenvalue weighted by molar-refractivity contribution is 0.0942. The van der Waals surface area contributed by atoms with Crippen LogP contribution >= 0.6 is 0 Å². The standard InChI is InChI=1S/C15H13N3O5/c1-8-17-12(23-18-8)7-16-14(19)10-6-9-4-3-5-11(21-2)13(9)22-15(10)20/h3-6H,7H2,1-2H3,(H,16,19). The van der Waals surface area contributed by atoms with Crippen molar-refractivity contribution in [3.63, 3.8) is 0 Å². The van der Waals surface area contributed by atoms with Crippen LogP contribution in [0, 0.1) is 6.92 Å². The number of benzene rings is 1. The van der Waals surface area contributed by atoms with Crippen molar-refractivity contribution in [3.05, 3.63) is 52.0 Å². The highest BCUT2D eigenvalue weighted by Crippen LogP contribution is 2.24. The summed E-state index contributed by atoms with van der Waals surface area (Å²) in [5.41, 5.74) is -0.563. The number of hydrogen-bond donors (Lipinski definition) is 1. The number of carbonyl (C=O) groups excluding carboxylic acids is 1. The molecule has 0 aliphatic heterocycles. The van der Waals surface area contributed by atoms with Gasteiger partial charge in [0.25, 0.3) is 5.91 Å². The molecule has 23 heavy (non-hydrogen) atoms. The van der Waals surface area contributed by atoms with E-state index < -0.39 is 11.5 Å². The Balaban J connectivity index is 1.88. The number of aromatic nitrogens is 2. The molecule has 3 rings (SSSR count). The van der Waals surface area contributed by atoms with Gasteiger partial charge in [0.15, 0.2) is 17.2 Å². The van der Waals surface area contributed by atoms with Crippen molar-refractivity contribution in [1.82, 2.24) is 15.5 Å². The molecular weight excluding hydrogens is 302 g/mol. The number of ether oxygens (including phenoxy) is 1. The molecule has 118 valence electrons. The Kier molecular flexibility index (Phi) is 3.80. The molecule has 0 saturated carbocycles. The molecule has 0 unspecified atom stereocenters. The number of methoxy groups -OCH3 is 1. The summed E-state index contributed by atoms with van der Waals surface area (Å²) in [6, 6.07) is 6.59. The van der Waals surface area contributed by atoms with Crippen LogP contribution in [0.4, 0.5) is 0 Å². The highest BCUT2D eigenvalue weighted by atomic mass is 16.5. The first-order chi connectivity index (χ1) is 11.1. The molecule has 0 aliphatic carbocycles. The van der Waals surface area contributed by atoms with Crippen molar-refractivity contribution in [1.29, 1.82) is 0 Å².